The van der Waals surface area contributed by atoms with Crippen molar-refractivity contribution in [2.24, 2.45) is 10.3 Å². The number of nitrogens with zero attached hydrogens (tertiary/aromatic N) is 2. The fourth-order valence-corrected chi connectivity index (χ4v) is 3.65. The Morgan fingerprint density at radius 1 is 0.567 bits per heavy atom. The van der Waals surface area contributed by atoms with Crippen LogP contribution in [0.5, 0.6) is 0 Å². The van der Waals surface area contributed by atoms with E-state index in [1.807, 2.05) is 24.3 Å². The van der Waals surface area contributed by atoms with E-state index in [1.54, 1.807) is 0 Å². The van der Waals surface area contributed by atoms with Gasteiger partial charge in [0.15, 0.2) is 0 Å². The third-order valence-corrected chi connectivity index (χ3v) is 5.52. The summed E-state index contributed by atoms with van der Waals surface area (Å²) in [6.45, 7) is 4.43. The van der Waals surface area contributed by atoms with Crippen molar-refractivity contribution in [3.05, 3.63) is 70.8 Å². The summed E-state index contributed by atoms with van der Waals surface area (Å²) in [5.74, 6) is 0. The van der Waals surface area contributed by atoms with Crippen molar-refractivity contribution < 1.29 is 10.4 Å². The first-order valence-corrected chi connectivity index (χ1v) is 11.4. The fourth-order valence-electron chi connectivity index (χ4n) is 3.65. The summed E-state index contributed by atoms with van der Waals surface area (Å²) in [5, 5.41) is 26.1. The first-order chi connectivity index (χ1) is 14.7. The van der Waals surface area contributed by atoms with Gasteiger partial charge in [-0.05, 0) is 36.8 Å². The van der Waals surface area contributed by atoms with E-state index >= 15 is 0 Å². The molecule has 0 saturated heterocycles. The maximum absolute atomic E-state index is 9.63. The standard InChI is InChI=1S/C26H36N2O2/c1-3-5-7-9-11-21-13-17-23(18-14-21)25(27-29)26(28-30)24-19-15-22(16-20-24)12-10-8-6-4-2/h13-20,29-30H,3-12H2,1-2H3/b27-25-,28-26+. The molecule has 4 heteroatoms. The lowest BCUT2D eigenvalue weighted by Crippen LogP contribution is -2.17. The summed E-state index contributed by atoms with van der Waals surface area (Å²) in [7, 11) is 0. The van der Waals surface area contributed by atoms with Gasteiger partial charge in [-0.1, -0.05) is 111 Å². The highest BCUT2D eigenvalue weighted by molar-refractivity contribution is 6.53. The lowest BCUT2D eigenvalue weighted by molar-refractivity contribution is 0.314. The maximum Gasteiger partial charge on any atom is 0.139 e. The molecule has 2 rings (SSSR count). The van der Waals surface area contributed by atoms with Gasteiger partial charge in [0.25, 0.3) is 0 Å². The van der Waals surface area contributed by atoms with E-state index in [4.69, 9.17) is 0 Å². The minimum Gasteiger partial charge on any atom is -0.410 e. The molecule has 0 aliphatic carbocycles. The van der Waals surface area contributed by atoms with Crippen LogP contribution in [0.1, 0.15) is 87.5 Å². The van der Waals surface area contributed by atoms with E-state index in [2.05, 4.69) is 48.4 Å². The molecule has 0 aromatic heterocycles. The molecule has 162 valence electrons. The largest absolute Gasteiger partial charge is 0.410 e. The average molecular weight is 409 g/mol. The van der Waals surface area contributed by atoms with Gasteiger partial charge in [-0.3, -0.25) is 0 Å². The second-order valence-corrected chi connectivity index (χ2v) is 7.91. The topological polar surface area (TPSA) is 65.2 Å². The lowest BCUT2D eigenvalue weighted by atomic mass is 9.96. The predicted octanol–water partition coefficient (Wildman–Crippen LogP) is 6.99. The van der Waals surface area contributed by atoms with Crippen LogP contribution in [0.3, 0.4) is 0 Å². The van der Waals surface area contributed by atoms with Gasteiger partial charge in [0.2, 0.25) is 0 Å². The molecule has 2 aromatic carbocycles. The number of unbranched alkanes of at least 4 members (excludes halogenated alkanes) is 6. The molecule has 0 amide bonds. The van der Waals surface area contributed by atoms with E-state index in [0.717, 1.165) is 24.0 Å². The first kappa shape index (κ1) is 23.7. The Morgan fingerprint density at radius 3 is 1.23 bits per heavy atom. The molecule has 0 unspecified atom stereocenters. The van der Waals surface area contributed by atoms with Crippen molar-refractivity contribution in [1.82, 2.24) is 0 Å². The van der Waals surface area contributed by atoms with E-state index in [-0.39, 0.29) is 11.4 Å². The van der Waals surface area contributed by atoms with Gasteiger partial charge in [-0.25, -0.2) is 0 Å². The predicted molar refractivity (Wildman–Crippen MR) is 125 cm³/mol. The minimum atomic E-state index is 0.269. The van der Waals surface area contributed by atoms with Crippen molar-refractivity contribution in [1.29, 1.82) is 0 Å². The Morgan fingerprint density at radius 2 is 0.933 bits per heavy atom. The third-order valence-electron chi connectivity index (χ3n) is 5.52. The van der Waals surface area contributed by atoms with Crippen molar-refractivity contribution in [3.8, 4) is 0 Å². The molecule has 0 heterocycles. The van der Waals surface area contributed by atoms with E-state index < -0.39 is 0 Å². The number of hydrogen-bond acceptors (Lipinski definition) is 4. The molecule has 2 N–H and O–H groups in total. The molecule has 0 aliphatic heterocycles. The highest BCUT2D eigenvalue weighted by Gasteiger charge is 2.16. The minimum absolute atomic E-state index is 0.269. The number of oxime groups is 2. The number of hydrogen-bond donors (Lipinski definition) is 2. The van der Waals surface area contributed by atoms with Gasteiger partial charge < -0.3 is 10.4 Å². The zero-order valence-corrected chi connectivity index (χ0v) is 18.5. The van der Waals surface area contributed by atoms with Crippen LogP contribution in [0.2, 0.25) is 0 Å². The van der Waals surface area contributed by atoms with Crippen molar-refractivity contribution in [3.63, 3.8) is 0 Å². The number of rotatable bonds is 13. The van der Waals surface area contributed by atoms with Crippen LogP contribution in [-0.4, -0.2) is 21.8 Å². The van der Waals surface area contributed by atoms with Crippen LogP contribution in [0, 0.1) is 0 Å². The summed E-state index contributed by atoms with van der Waals surface area (Å²) in [4.78, 5) is 0. The molecular formula is C26H36N2O2. The van der Waals surface area contributed by atoms with Crippen LogP contribution >= 0.6 is 0 Å². The van der Waals surface area contributed by atoms with Gasteiger partial charge in [0, 0.05) is 11.1 Å². The average Bonchev–Trinajstić information content (AvgIpc) is 2.79. The molecule has 0 fully saturated rings. The Labute approximate surface area is 181 Å². The third kappa shape index (κ3) is 7.33. The highest BCUT2D eigenvalue weighted by Crippen LogP contribution is 2.15. The fraction of sp³-hybridized carbons (Fsp3) is 0.462. The van der Waals surface area contributed by atoms with E-state index in [9.17, 15) is 10.4 Å². The smallest absolute Gasteiger partial charge is 0.139 e. The summed E-state index contributed by atoms with van der Waals surface area (Å²) in [6.07, 6.45) is 12.0. The second kappa shape index (κ2) is 13.6. The molecule has 30 heavy (non-hydrogen) atoms. The quantitative estimate of drug-likeness (QED) is 0.162. The van der Waals surface area contributed by atoms with Crippen molar-refractivity contribution >= 4 is 11.4 Å². The van der Waals surface area contributed by atoms with E-state index in [0.29, 0.717) is 0 Å². The molecular weight excluding hydrogens is 372 g/mol. The van der Waals surface area contributed by atoms with Crippen LogP contribution in [0.25, 0.3) is 0 Å². The summed E-state index contributed by atoms with van der Waals surface area (Å²) in [5.41, 5.74) is 4.53. The van der Waals surface area contributed by atoms with E-state index in [1.165, 1.54) is 62.5 Å². The summed E-state index contributed by atoms with van der Waals surface area (Å²) < 4.78 is 0. The maximum atomic E-state index is 9.63. The zero-order chi connectivity index (χ0) is 21.6. The normalized spacial score (nSPS) is 12.3. The molecule has 0 aliphatic rings. The molecule has 0 radical (unpaired) electrons. The molecule has 0 saturated carbocycles. The van der Waals surface area contributed by atoms with Crippen LogP contribution in [0.15, 0.2) is 58.8 Å². The van der Waals surface area contributed by atoms with Gasteiger partial charge in [-0.15, -0.1) is 0 Å². The number of benzene rings is 2. The van der Waals surface area contributed by atoms with Gasteiger partial charge >= 0.3 is 0 Å². The molecule has 2 aromatic rings. The lowest BCUT2D eigenvalue weighted by Gasteiger charge is -2.10. The second-order valence-electron chi connectivity index (χ2n) is 7.91. The van der Waals surface area contributed by atoms with Gasteiger partial charge in [0.05, 0.1) is 0 Å². The monoisotopic (exact) mass is 408 g/mol. The van der Waals surface area contributed by atoms with Crippen molar-refractivity contribution in [2.45, 2.75) is 78.1 Å². The Hall–Kier alpha value is -2.62. The Kier molecular flexibility index (Phi) is 10.7. The molecule has 4 nitrogen and oxygen atoms in total. The van der Waals surface area contributed by atoms with Gasteiger partial charge in [-0.2, -0.15) is 0 Å². The van der Waals surface area contributed by atoms with Crippen LogP contribution < -0.4 is 0 Å². The summed E-state index contributed by atoms with van der Waals surface area (Å²) in [6, 6.07) is 15.9. The Balaban J connectivity index is 2.05. The SMILES string of the molecule is CCCCCCc1ccc(C(=N/O)/C(=N/O)c2ccc(CCCCCC)cc2)cc1. The van der Waals surface area contributed by atoms with Gasteiger partial charge in [0.1, 0.15) is 11.4 Å². The molecule has 0 spiro atoms. The number of aryl methyl sites for hydroxylation is 2. The van der Waals surface area contributed by atoms with Crippen LogP contribution in [-0.2, 0) is 12.8 Å². The van der Waals surface area contributed by atoms with Crippen LogP contribution in [0.4, 0.5) is 0 Å². The van der Waals surface area contributed by atoms with Crippen molar-refractivity contribution in [2.75, 3.05) is 0 Å². The first-order valence-electron chi connectivity index (χ1n) is 11.4. The highest BCUT2D eigenvalue weighted by atomic mass is 16.4. The molecule has 0 bridgehead atoms. The zero-order valence-electron chi connectivity index (χ0n) is 18.5. The Bertz CT molecular complexity index is 723. The molecule has 0 atom stereocenters. The summed E-state index contributed by atoms with van der Waals surface area (Å²) >= 11 is 0.